The molecule has 1 aromatic carbocycles. The van der Waals surface area contributed by atoms with Gasteiger partial charge in [-0.25, -0.2) is 14.6 Å². The Morgan fingerprint density at radius 2 is 1.62 bits per heavy atom. The van der Waals surface area contributed by atoms with E-state index in [0.29, 0.717) is 17.9 Å². The fourth-order valence-electron chi connectivity index (χ4n) is 3.17. The highest BCUT2D eigenvalue weighted by Gasteiger charge is 2.11. The fraction of sp³-hybridized carbons (Fsp3) is 0.227. The first-order valence-electron chi connectivity index (χ1n) is 9.73. The Labute approximate surface area is 169 Å². The number of hydrogen-bond acceptors (Lipinski definition) is 6. The minimum atomic E-state index is 0.214. The molecule has 0 fully saturated rings. The Bertz CT molecular complexity index is 1130. The van der Waals surface area contributed by atoms with Crippen LogP contribution in [0.1, 0.15) is 30.8 Å². The Morgan fingerprint density at radius 1 is 0.828 bits per heavy atom. The average molecular weight is 385 g/mol. The van der Waals surface area contributed by atoms with Crippen LogP contribution in [-0.2, 0) is 19.4 Å². The summed E-state index contributed by atoms with van der Waals surface area (Å²) in [5.41, 5.74) is 12.3. The van der Waals surface area contributed by atoms with Gasteiger partial charge < -0.3 is 5.73 Å². The summed E-state index contributed by atoms with van der Waals surface area (Å²) in [6, 6.07) is 16.2. The number of nitrogen functional groups attached to an aromatic ring is 1. The zero-order valence-electron chi connectivity index (χ0n) is 16.6. The lowest BCUT2D eigenvalue weighted by atomic mass is 10.1. The van der Waals surface area contributed by atoms with Gasteiger partial charge in [0, 0.05) is 11.3 Å². The van der Waals surface area contributed by atoms with Gasteiger partial charge in [0.2, 0.25) is 5.95 Å². The van der Waals surface area contributed by atoms with Crippen molar-refractivity contribution in [3.05, 3.63) is 71.7 Å². The van der Waals surface area contributed by atoms with Crippen LogP contribution in [0.2, 0.25) is 0 Å². The topological polar surface area (TPSA) is 95.4 Å². The third-order valence-electron chi connectivity index (χ3n) is 4.73. The van der Waals surface area contributed by atoms with E-state index in [1.807, 2.05) is 42.6 Å². The van der Waals surface area contributed by atoms with E-state index in [4.69, 9.17) is 5.73 Å². The normalized spacial score (nSPS) is 11.0. The SMILES string of the molecule is CCc1cccc(-c2cc(-c3cn(Cc4cccc(CC)n4)nn3)nc(N)n2)c1. The van der Waals surface area contributed by atoms with Crippen molar-refractivity contribution in [2.45, 2.75) is 33.2 Å². The standard InChI is InChI=1S/C22H23N7/c1-3-15-7-5-8-16(11-15)19-12-20(26-22(23)25-19)21-14-29(28-27-21)13-18-10-6-9-17(4-2)24-18/h5-12,14H,3-4,13H2,1-2H3,(H2,23,25,26). The van der Waals surface area contributed by atoms with E-state index in [2.05, 4.69) is 51.2 Å². The molecular formula is C22H23N7. The number of pyridine rings is 1. The van der Waals surface area contributed by atoms with Gasteiger partial charge in [0.05, 0.1) is 29.8 Å². The van der Waals surface area contributed by atoms with E-state index >= 15 is 0 Å². The summed E-state index contributed by atoms with van der Waals surface area (Å²) in [5.74, 6) is 0.214. The highest BCUT2D eigenvalue weighted by atomic mass is 15.4. The summed E-state index contributed by atoms with van der Waals surface area (Å²) >= 11 is 0. The van der Waals surface area contributed by atoms with Gasteiger partial charge in [-0.1, -0.05) is 43.3 Å². The van der Waals surface area contributed by atoms with Gasteiger partial charge >= 0.3 is 0 Å². The van der Waals surface area contributed by atoms with Crippen molar-refractivity contribution in [3.63, 3.8) is 0 Å². The van der Waals surface area contributed by atoms with E-state index in [1.54, 1.807) is 4.68 Å². The van der Waals surface area contributed by atoms with E-state index in [0.717, 1.165) is 35.5 Å². The maximum absolute atomic E-state index is 5.98. The summed E-state index contributed by atoms with van der Waals surface area (Å²) in [6.07, 6.45) is 3.72. The predicted octanol–water partition coefficient (Wildman–Crippen LogP) is 3.55. The summed E-state index contributed by atoms with van der Waals surface area (Å²) in [7, 11) is 0. The first-order valence-corrected chi connectivity index (χ1v) is 9.73. The third kappa shape index (κ3) is 4.29. The molecule has 0 saturated carbocycles. The summed E-state index contributed by atoms with van der Waals surface area (Å²) in [5, 5.41) is 8.50. The molecule has 0 spiro atoms. The number of aryl methyl sites for hydroxylation is 2. The maximum Gasteiger partial charge on any atom is 0.221 e. The lowest BCUT2D eigenvalue weighted by molar-refractivity contribution is 0.636. The molecule has 0 unspecified atom stereocenters. The Balaban J connectivity index is 1.62. The molecule has 0 aliphatic heterocycles. The van der Waals surface area contributed by atoms with E-state index in [-0.39, 0.29) is 5.95 Å². The third-order valence-corrected chi connectivity index (χ3v) is 4.73. The van der Waals surface area contributed by atoms with Crippen LogP contribution in [0.25, 0.3) is 22.6 Å². The van der Waals surface area contributed by atoms with Crippen LogP contribution in [0.5, 0.6) is 0 Å². The smallest absolute Gasteiger partial charge is 0.221 e. The minimum absolute atomic E-state index is 0.214. The zero-order valence-corrected chi connectivity index (χ0v) is 16.6. The molecule has 3 heterocycles. The Morgan fingerprint density at radius 3 is 2.45 bits per heavy atom. The molecule has 0 aliphatic carbocycles. The molecule has 0 radical (unpaired) electrons. The molecular weight excluding hydrogens is 362 g/mol. The molecule has 0 atom stereocenters. The second kappa shape index (κ2) is 8.18. The zero-order chi connectivity index (χ0) is 20.2. The van der Waals surface area contributed by atoms with Gasteiger partial charge in [-0.15, -0.1) is 5.10 Å². The van der Waals surface area contributed by atoms with Crippen LogP contribution >= 0.6 is 0 Å². The summed E-state index contributed by atoms with van der Waals surface area (Å²) < 4.78 is 1.76. The van der Waals surface area contributed by atoms with E-state index < -0.39 is 0 Å². The van der Waals surface area contributed by atoms with Crippen molar-refractivity contribution in [3.8, 4) is 22.6 Å². The lowest BCUT2D eigenvalue weighted by Gasteiger charge is -2.06. The number of aromatic nitrogens is 6. The lowest BCUT2D eigenvalue weighted by Crippen LogP contribution is -2.03. The minimum Gasteiger partial charge on any atom is -0.368 e. The first kappa shape index (κ1) is 18.7. The number of anilines is 1. The largest absolute Gasteiger partial charge is 0.368 e. The molecule has 146 valence electrons. The van der Waals surface area contributed by atoms with E-state index in [1.165, 1.54) is 5.56 Å². The van der Waals surface area contributed by atoms with Gasteiger partial charge in [-0.2, -0.15) is 0 Å². The van der Waals surface area contributed by atoms with Crippen LogP contribution in [-0.4, -0.2) is 29.9 Å². The van der Waals surface area contributed by atoms with Crippen molar-refractivity contribution in [1.82, 2.24) is 29.9 Å². The highest BCUT2D eigenvalue weighted by Crippen LogP contribution is 2.24. The number of nitrogens with zero attached hydrogens (tertiary/aromatic N) is 6. The summed E-state index contributed by atoms with van der Waals surface area (Å²) in [4.78, 5) is 13.4. The first-order chi connectivity index (χ1) is 14.1. The second-order valence-electron chi connectivity index (χ2n) is 6.83. The number of benzene rings is 1. The Hall–Kier alpha value is -3.61. The second-order valence-corrected chi connectivity index (χ2v) is 6.83. The quantitative estimate of drug-likeness (QED) is 0.545. The van der Waals surface area contributed by atoms with Gasteiger partial charge in [-0.3, -0.25) is 4.98 Å². The van der Waals surface area contributed by atoms with Crippen molar-refractivity contribution in [2.24, 2.45) is 0 Å². The molecule has 2 N–H and O–H groups in total. The van der Waals surface area contributed by atoms with Crippen LogP contribution in [0.4, 0.5) is 5.95 Å². The molecule has 0 bridgehead atoms. The predicted molar refractivity (Wildman–Crippen MR) is 113 cm³/mol. The molecule has 29 heavy (non-hydrogen) atoms. The highest BCUT2D eigenvalue weighted by molar-refractivity contribution is 5.67. The van der Waals surface area contributed by atoms with Crippen LogP contribution in [0.3, 0.4) is 0 Å². The molecule has 0 aliphatic rings. The van der Waals surface area contributed by atoms with Crippen LogP contribution in [0, 0.1) is 0 Å². The monoisotopic (exact) mass is 385 g/mol. The van der Waals surface area contributed by atoms with Crippen LogP contribution < -0.4 is 5.73 Å². The number of hydrogen-bond donors (Lipinski definition) is 1. The van der Waals surface area contributed by atoms with E-state index in [9.17, 15) is 0 Å². The molecule has 7 heteroatoms. The molecule has 4 aromatic rings. The maximum atomic E-state index is 5.98. The van der Waals surface area contributed by atoms with Gasteiger partial charge in [-0.05, 0) is 42.7 Å². The van der Waals surface area contributed by atoms with Crippen molar-refractivity contribution in [1.29, 1.82) is 0 Å². The van der Waals surface area contributed by atoms with Crippen LogP contribution in [0.15, 0.2) is 54.7 Å². The number of nitrogens with two attached hydrogens (primary N) is 1. The molecule has 4 rings (SSSR count). The molecule has 7 nitrogen and oxygen atoms in total. The van der Waals surface area contributed by atoms with Crippen molar-refractivity contribution >= 4 is 5.95 Å². The van der Waals surface area contributed by atoms with Crippen molar-refractivity contribution < 1.29 is 0 Å². The number of rotatable bonds is 6. The van der Waals surface area contributed by atoms with Gasteiger partial charge in [0.1, 0.15) is 5.69 Å². The van der Waals surface area contributed by atoms with Gasteiger partial charge in [0.15, 0.2) is 0 Å². The fourth-order valence-corrected chi connectivity index (χ4v) is 3.17. The molecule has 3 aromatic heterocycles. The Kier molecular flexibility index (Phi) is 5.29. The molecule has 0 amide bonds. The average Bonchev–Trinajstić information content (AvgIpc) is 3.22. The molecule has 0 saturated heterocycles. The summed E-state index contributed by atoms with van der Waals surface area (Å²) in [6.45, 7) is 4.77. The van der Waals surface area contributed by atoms with Gasteiger partial charge in [0.25, 0.3) is 0 Å². The van der Waals surface area contributed by atoms with Crippen molar-refractivity contribution in [2.75, 3.05) is 5.73 Å².